The second-order valence-corrected chi connectivity index (χ2v) is 4.11. The first-order valence-corrected chi connectivity index (χ1v) is 5.81. The predicted molar refractivity (Wildman–Crippen MR) is 62.4 cm³/mol. The highest BCUT2D eigenvalue weighted by atomic mass is 32.2. The third kappa shape index (κ3) is 2.76. The summed E-state index contributed by atoms with van der Waals surface area (Å²) in [7, 11) is 0. The van der Waals surface area contributed by atoms with Crippen LogP contribution in [-0.2, 0) is 11.5 Å². The lowest BCUT2D eigenvalue weighted by atomic mass is 10.3. The van der Waals surface area contributed by atoms with Gasteiger partial charge in [-0.05, 0) is 18.2 Å². The average Bonchev–Trinajstić information content (AvgIpc) is 2.74. The molecule has 2 N–H and O–H groups in total. The number of rotatable bonds is 4. The molecule has 0 saturated carbocycles. The van der Waals surface area contributed by atoms with Gasteiger partial charge in [0.05, 0.1) is 12.0 Å². The summed E-state index contributed by atoms with van der Waals surface area (Å²) in [5.41, 5.74) is 6.81. The molecule has 15 heavy (non-hydrogen) atoms. The van der Waals surface area contributed by atoms with Crippen LogP contribution in [0.15, 0.2) is 41.1 Å². The topological polar surface area (TPSA) is 52.0 Å². The number of thioether (sulfide) groups is 1. The normalized spacial score (nSPS) is 10.4. The fourth-order valence-corrected chi connectivity index (χ4v) is 2.16. The molecule has 0 atom stereocenters. The summed E-state index contributed by atoms with van der Waals surface area (Å²) in [5.74, 6) is 3.33. The fraction of sp³-hybridized carbons (Fsp3) is 0.182. The van der Waals surface area contributed by atoms with Gasteiger partial charge in [-0.2, -0.15) is 0 Å². The van der Waals surface area contributed by atoms with E-state index in [9.17, 15) is 0 Å². The zero-order valence-electron chi connectivity index (χ0n) is 8.22. The number of nitrogens with two attached hydrogens (primary N) is 1. The van der Waals surface area contributed by atoms with Crippen molar-refractivity contribution in [3.63, 3.8) is 0 Å². The lowest BCUT2D eigenvalue weighted by Gasteiger charge is -2.02. The molecule has 0 aliphatic carbocycles. The van der Waals surface area contributed by atoms with E-state index in [1.54, 1.807) is 24.2 Å². The maximum Gasteiger partial charge on any atom is 0.127 e. The molecule has 0 radical (unpaired) electrons. The van der Waals surface area contributed by atoms with Crippen molar-refractivity contribution < 1.29 is 4.42 Å². The highest BCUT2D eigenvalue weighted by Crippen LogP contribution is 2.20. The van der Waals surface area contributed by atoms with Crippen LogP contribution in [0.5, 0.6) is 0 Å². The quantitative estimate of drug-likeness (QED) is 0.860. The molecule has 2 rings (SSSR count). The Morgan fingerprint density at radius 1 is 1.27 bits per heavy atom. The molecule has 0 aliphatic heterocycles. The van der Waals surface area contributed by atoms with Crippen LogP contribution in [0.25, 0.3) is 0 Å². The van der Waals surface area contributed by atoms with Crippen LogP contribution in [0.2, 0.25) is 0 Å². The SMILES string of the molecule is Nc1ncccc1CSCc1ccco1. The van der Waals surface area contributed by atoms with E-state index in [1.165, 1.54) is 0 Å². The number of nitrogens with zero attached hydrogens (tertiary/aromatic N) is 1. The standard InChI is InChI=1S/C11H12N2OS/c12-11-9(3-1-5-13-11)7-15-8-10-4-2-6-14-10/h1-6H,7-8H2,(H2,12,13). The molecule has 78 valence electrons. The summed E-state index contributed by atoms with van der Waals surface area (Å²) >= 11 is 1.76. The molecule has 0 aliphatic rings. The van der Waals surface area contributed by atoms with Gasteiger partial charge >= 0.3 is 0 Å². The number of hydrogen-bond donors (Lipinski definition) is 1. The van der Waals surface area contributed by atoms with E-state index in [0.29, 0.717) is 5.82 Å². The summed E-state index contributed by atoms with van der Waals surface area (Å²) in [6.07, 6.45) is 3.39. The Hall–Kier alpha value is -1.42. The number of anilines is 1. The van der Waals surface area contributed by atoms with Gasteiger partial charge in [-0.3, -0.25) is 0 Å². The van der Waals surface area contributed by atoms with E-state index in [2.05, 4.69) is 4.98 Å². The molecule has 2 heterocycles. The Kier molecular flexibility index (Phi) is 3.29. The number of furan rings is 1. The molecule has 0 aromatic carbocycles. The second-order valence-electron chi connectivity index (χ2n) is 3.12. The van der Waals surface area contributed by atoms with E-state index in [-0.39, 0.29) is 0 Å². The highest BCUT2D eigenvalue weighted by molar-refractivity contribution is 7.97. The first-order chi connectivity index (χ1) is 7.36. The third-order valence-electron chi connectivity index (χ3n) is 2.01. The van der Waals surface area contributed by atoms with Gasteiger partial charge in [0.25, 0.3) is 0 Å². The molecule has 0 spiro atoms. The van der Waals surface area contributed by atoms with Crippen molar-refractivity contribution in [3.05, 3.63) is 48.0 Å². The Morgan fingerprint density at radius 3 is 2.93 bits per heavy atom. The van der Waals surface area contributed by atoms with Crippen LogP contribution >= 0.6 is 11.8 Å². The number of nitrogen functional groups attached to an aromatic ring is 1. The average molecular weight is 220 g/mol. The summed E-state index contributed by atoms with van der Waals surface area (Å²) in [4.78, 5) is 4.04. The molecular weight excluding hydrogens is 208 g/mol. The van der Waals surface area contributed by atoms with Crippen molar-refractivity contribution in [2.75, 3.05) is 5.73 Å². The van der Waals surface area contributed by atoms with Crippen molar-refractivity contribution in [1.29, 1.82) is 0 Å². The second kappa shape index (κ2) is 4.89. The molecule has 0 bridgehead atoms. The lowest BCUT2D eigenvalue weighted by Crippen LogP contribution is -1.95. The van der Waals surface area contributed by atoms with Crippen LogP contribution in [0, 0.1) is 0 Å². The molecule has 0 fully saturated rings. The monoisotopic (exact) mass is 220 g/mol. The van der Waals surface area contributed by atoms with E-state index in [4.69, 9.17) is 10.2 Å². The van der Waals surface area contributed by atoms with Crippen LogP contribution < -0.4 is 5.73 Å². The summed E-state index contributed by atoms with van der Waals surface area (Å²) in [5, 5.41) is 0. The zero-order chi connectivity index (χ0) is 10.5. The smallest absolute Gasteiger partial charge is 0.127 e. The molecule has 4 heteroatoms. The zero-order valence-corrected chi connectivity index (χ0v) is 9.04. The Bertz CT molecular complexity index is 414. The Labute approximate surface area is 92.7 Å². The van der Waals surface area contributed by atoms with Crippen molar-refractivity contribution in [3.8, 4) is 0 Å². The van der Waals surface area contributed by atoms with Gasteiger partial charge in [0.15, 0.2) is 0 Å². The molecular formula is C11H12N2OS. The van der Waals surface area contributed by atoms with Gasteiger partial charge < -0.3 is 10.2 Å². The lowest BCUT2D eigenvalue weighted by molar-refractivity contribution is 0.530. The first-order valence-electron chi connectivity index (χ1n) is 4.66. The van der Waals surface area contributed by atoms with E-state index >= 15 is 0 Å². The molecule has 0 amide bonds. The van der Waals surface area contributed by atoms with Crippen molar-refractivity contribution >= 4 is 17.6 Å². The predicted octanol–water partition coefficient (Wildman–Crippen LogP) is 2.69. The molecule has 3 nitrogen and oxygen atoms in total. The molecule has 0 saturated heterocycles. The Morgan fingerprint density at radius 2 is 2.20 bits per heavy atom. The minimum atomic E-state index is 0.615. The maximum absolute atomic E-state index is 5.73. The highest BCUT2D eigenvalue weighted by Gasteiger charge is 2.00. The fourth-order valence-electron chi connectivity index (χ4n) is 1.23. The van der Waals surface area contributed by atoms with Gasteiger partial charge in [-0.1, -0.05) is 6.07 Å². The van der Waals surface area contributed by atoms with Crippen LogP contribution in [0.1, 0.15) is 11.3 Å². The van der Waals surface area contributed by atoms with Crippen molar-refractivity contribution in [2.45, 2.75) is 11.5 Å². The van der Waals surface area contributed by atoms with E-state index < -0.39 is 0 Å². The number of aromatic nitrogens is 1. The van der Waals surface area contributed by atoms with Gasteiger partial charge in [0, 0.05) is 17.5 Å². The molecule has 2 aromatic rings. The Balaban J connectivity index is 1.86. The molecule has 2 aromatic heterocycles. The third-order valence-corrected chi connectivity index (χ3v) is 3.01. The van der Waals surface area contributed by atoms with E-state index in [0.717, 1.165) is 22.8 Å². The minimum absolute atomic E-state index is 0.615. The molecule has 0 unspecified atom stereocenters. The van der Waals surface area contributed by atoms with Gasteiger partial charge in [0.2, 0.25) is 0 Å². The number of hydrogen-bond acceptors (Lipinski definition) is 4. The minimum Gasteiger partial charge on any atom is -0.468 e. The van der Waals surface area contributed by atoms with Crippen LogP contribution in [-0.4, -0.2) is 4.98 Å². The van der Waals surface area contributed by atoms with Gasteiger partial charge in [-0.15, -0.1) is 11.8 Å². The summed E-state index contributed by atoms with van der Waals surface area (Å²) in [6.45, 7) is 0. The number of pyridine rings is 1. The largest absolute Gasteiger partial charge is 0.468 e. The van der Waals surface area contributed by atoms with E-state index in [1.807, 2.05) is 24.3 Å². The maximum atomic E-state index is 5.73. The summed E-state index contributed by atoms with van der Waals surface area (Å²) in [6, 6.07) is 7.77. The van der Waals surface area contributed by atoms with Crippen LogP contribution in [0.3, 0.4) is 0 Å². The van der Waals surface area contributed by atoms with Gasteiger partial charge in [-0.25, -0.2) is 4.98 Å². The van der Waals surface area contributed by atoms with Crippen molar-refractivity contribution in [1.82, 2.24) is 4.98 Å². The van der Waals surface area contributed by atoms with Crippen LogP contribution in [0.4, 0.5) is 5.82 Å². The van der Waals surface area contributed by atoms with Gasteiger partial charge in [0.1, 0.15) is 11.6 Å². The van der Waals surface area contributed by atoms with Crippen molar-refractivity contribution in [2.24, 2.45) is 0 Å². The summed E-state index contributed by atoms with van der Waals surface area (Å²) < 4.78 is 5.23. The first kappa shape index (κ1) is 10.1.